The van der Waals surface area contributed by atoms with E-state index < -0.39 is 81.1 Å². The Morgan fingerprint density at radius 2 is 1.45 bits per heavy atom. The SMILES string of the molecule is [2H]C(=O)OCCCO[C@@H]1O[C@H](CO)C(O[C@H]2O[C@H](CO)[C@@H](O)[C@H](O)[C@H]2O)[C@H](O)[C@H]1O. The lowest BCUT2D eigenvalue weighted by Crippen LogP contribution is -2.64. The molecule has 170 valence electrons. The number of carbonyl (C=O) groups excluding carboxylic acids is 1. The quantitative estimate of drug-likeness (QED) is 0.136. The molecule has 2 aliphatic heterocycles. The van der Waals surface area contributed by atoms with Crippen molar-refractivity contribution in [1.29, 1.82) is 0 Å². The van der Waals surface area contributed by atoms with Crippen molar-refractivity contribution >= 4 is 6.45 Å². The zero-order valence-electron chi connectivity index (χ0n) is 16.4. The van der Waals surface area contributed by atoms with Gasteiger partial charge in [-0.1, -0.05) is 0 Å². The fraction of sp³-hybridized carbons (Fsp3) is 0.938. The van der Waals surface area contributed by atoms with Gasteiger partial charge in [0.1, 0.15) is 48.8 Å². The maximum absolute atomic E-state index is 10.4. The Balaban J connectivity index is 1.96. The van der Waals surface area contributed by atoms with E-state index in [2.05, 4.69) is 4.74 Å². The smallest absolute Gasteiger partial charge is 0.293 e. The predicted molar refractivity (Wildman–Crippen MR) is 89.0 cm³/mol. The molecule has 2 rings (SSSR count). The van der Waals surface area contributed by atoms with E-state index in [1.807, 2.05) is 0 Å². The molecule has 0 saturated carbocycles. The van der Waals surface area contributed by atoms with E-state index >= 15 is 0 Å². The summed E-state index contributed by atoms with van der Waals surface area (Å²) < 4.78 is 32.3. The molecule has 0 aromatic heterocycles. The van der Waals surface area contributed by atoms with Crippen molar-refractivity contribution in [2.75, 3.05) is 26.4 Å². The highest BCUT2D eigenvalue weighted by atomic mass is 16.7. The summed E-state index contributed by atoms with van der Waals surface area (Å²) >= 11 is 0. The summed E-state index contributed by atoms with van der Waals surface area (Å²) in [5.41, 5.74) is 0. The third kappa shape index (κ3) is 5.80. The molecule has 2 heterocycles. The molecule has 2 saturated heterocycles. The fourth-order valence-electron chi connectivity index (χ4n) is 3.07. The van der Waals surface area contributed by atoms with Gasteiger partial charge >= 0.3 is 0 Å². The highest BCUT2D eigenvalue weighted by Crippen LogP contribution is 2.29. The van der Waals surface area contributed by atoms with E-state index in [-0.39, 0.29) is 19.6 Å². The van der Waals surface area contributed by atoms with Crippen LogP contribution in [0.3, 0.4) is 0 Å². The monoisotopic (exact) mass is 429 g/mol. The molecule has 0 bridgehead atoms. The highest BCUT2D eigenvalue weighted by Gasteiger charge is 2.50. The molecule has 10 atom stereocenters. The first-order valence-electron chi connectivity index (χ1n) is 9.54. The molecule has 0 aliphatic carbocycles. The van der Waals surface area contributed by atoms with Crippen molar-refractivity contribution in [2.45, 2.75) is 67.8 Å². The number of hydrogen-bond donors (Lipinski definition) is 7. The van der Waals surface area contributed by atoms with Crippen molar-refractivity contribution < 1.29 is 65.6 Å². The van der Waals surface area contributed by atoms with Crippen LogP contribution in [0.4, 0.5) is 0 Å². The van der Waals surface area contributed by atoms with Crippen molar-refractivity contribution in [3.63, 3.8) is 0 Å². The van der Waals surface area contributed by atoms with Gasteiger partial charge in [0.25, 0.3) is 6.45 Å². The Labute approximate surface area is 167 Å². The van der Waals surface area contributed by atoms with Crippen molar-refractivity contribution in [3.8, 4) is 0 Å². The second-order valence-electron chi connectivity index (χ2n) is 6.66. The summed E-state index contributed by atoms with van der Waals surface area (Å²) in [5.74, 6) is 0. The maximum Gasteiger partial charge on any atom is 0.293 e. The molecule has 2 fully saturated rings. The van der Waals surface area contributed by atoms with Crippen LogP contribution in [0.1, 0.15) is 7.79 Å². The first kappa shape index (κ1) is 22.7. The summed E-state index contributed by atoms with van der Waals surface area (Å²) in [6.07, 6.45) is -16.3. The lowest BCUT2D eigenvalue weighted by atomic mass is 9.97. The average molecular weight is 429 g/mol. The number of aliphatic hydroxyl groups excluding tert-OH is 7. The number of carbonyl (C=O) groups is 1. The van der Waals surface area contributed by atoms with E-state index in [4.69, 9.17) is 20.3 Å². The van der Waals surface area contributed by atoms with Crippen LogP contribution in [0.15, 0.2) is 0 Å². The van der Waals surface area contributed by atoms with Crippen LogP contribution in [0, 0.1) is 0 Å². The van der Waals surface area contributed by atoms with Crippen LogP contribution < -0.4 is 0 Å². The fourth-order valence-corrected chi connectivity index (χ4v) is 3.07. The molecule has 0 radical (unpaired) electrons. The minimum atomic E-state index is -1.75. The van der Waals surface area contributed by atoms with Crippen LogP contribution in [-0.4, -0.2) is 130 Å². The molecule has 7 N–H and O–H groups in total. The molecule has 1 unspecified atom stereocenters. The average Bonchev–Trinajstić information content (AvgIpc) is 2.72. The molecule has 2 aliphatic rings. The van der Waals surface area contributed by atoms with Gasteiger partial charge < -0.3 is 59.4 Å². The Hall–Kier alpha value is -0.970. The first-order valence-corrected chi connectivity index (χ1v) is 9.04. The number of ether oxygens (including phenoxy) is 5. The largest absolute Gasteiger partial charge is 0.468 e. The minimum Gasteiger partial charge on any atom is -0.468 e. The lowest BCUT2D eigenvalue weighted by Gasteiger charge is -2.45. The van der Waals surface area contributed by atoms with Crippen LogP contribution in [0.5, 0.6) is 0 Å². The van der Waals surface area contributed by atoms with Gasteiger partial charge in [0.15, 0.2) is 14.0 Å². The second-order valence-corrected chi connectivity index (χ2v) is 6.66. The third-order valence-corrected chi connectivity index (χ3v) is 4.69. The zero-order valence-corrected chi connectivity index (χ0v) is 15.4. The van der Waals surface area contributed by atoms with Crippen LogP contribution in [0.25, 0.3) is 0 Å². The van der Waals surface area contributed by atoms with Crippen LogP contribution in [-0.2, 0) is 28.5 Å². The maximum atomic E-state index is 10.4. The number of hydrogen-bond acceptors (Lipinski definition) is 13. The highest BCUT2D eigenvalue weighted by molar-refractivity contribution is 5.36. The van der Waals surface area contributed by atoms with Gasteiger partial charge in [-0.05, 0) is 0 Å². The minimum absolute atomic E-state index is 0.0574. The van der Waals surface area contributed by atoms with Crippen LogP contribution in [0.2, 0.25) is 0 Å². The van der Waals surface area contributed by atoms with Crippen molar-refractivity contribution in [2.24, 2.45) is 0 Å². The van der Waals surface area contributed by atoms with E-state index in [9.17, 15) is 40.5 Å². The van der Waals surface area contributed by atoms with Gasteiger partial charge in [0, 0.05) is 6.42 Å². The van der Waals surface area contributed by atoms with E-state index in [0.29, 0.717) is 0 Å². The summed E-state index contributed by atoms with van der Waals surface area (Å²) in [6.45, 7) is -1.52. The molecule has 0 amide bonds. The van der Waals surface area contributed by atoms with Crippen molar-refractivity contribution in [1.82, 2.24) is 0 Å². The van der Waals surface area contributed by atoms with Gasteiger partial charge in [0.2, 0.25) is 0 Å². The summed E-state index contributed by atoms with van der Waals surface area (Å²) in [4.78, 5) is 10.4. The normalized spacial score (nSPS) is 43.6. The Kier molecular flexibility index (Phi) is 8.95. The van der Waals surface area contributed by atoms with Gasteiger partial charge in [-0.25, -0.2) is 0 Å². The Bertz CT molecular complexity index is 535. The van der Waals surface area contributed by atoms with Gasteiger partial charge in [-0.15, -0.1) is 0 Å². The molecule has 0 aromatic carbocycles. The standard InChI is InChI=1S/C16H28O13/c17-4-7-9(20)10(21)12(23)16(27-7)29-14-8(5-18)28-15(13(24)11(14)22)26-3-1-2-25-6-19/h6-18,20-24H,1-5H2/t7-,8-,9-,10+,11-,12-,13-,14?,15-,16-/m1/s1/i6D. The molecule has 13 heteroatoms. The third-order valence-electron chi connectivity index (χ3n) is 4.69. The Morgan fingerprint density at radius 3 is 2.07 bits per heavy atom. The Morgan fingerprint density at radius 1 is 0.828 bits per heavy atom. The molecule has 0 spiro atoms. The summed E-state index contributed by atoms with van der Waals surface area (Å²) in [6, 6.07) is 0. The second kappa shape index (κ2) is 11.4. The topological polar surface area (TPSA) is 205 Å². The van der Waals surface area contributed by atoms with Gasteiger partial charge in [-0.2, -0.15) is 0 Å². The van der Waals surface area contributed by atoms with Gasteiger partial charge in [-0.3, -0.25) is 4.79 Å². The van der Waals surface area contributed by atoms with Crippen LogP contribution >= 0.6 is 0 Å². The zero-order chi connectivity index (χ0) is 22.4. The number of aliphatic hydroxyl groups is 7. The van der Waals surface area contributed by atoms with Gasteiger partial charge in [0.05, 0.1) is 26.4 Å². The van der Waals surface area contributed by atoms with E-state index in [1.165, 1.54) is 0 Å². The molecule has 0 aromatic rings. The van der Waals surface area contributed by atoms with E-state index in [0.717, 1.165) is 0 Å². The number of rotatable bonds is 9. The van der Waals surface area contributed by atoms with E-state index in [1.54, 1.807) is 0 Å². The summed E-state index contributed by atoms with van der Waals surface area (Å²) in [5, 5.41) is 69.1. The molecular weight excluding hydrogens is 400 g/mol. The van der Waals surface area contributed by atoms with Crippen molar-refractivity contribution in [3.05, 3.63) is 0 Å². The molecular formula is C16H28O13. The molecule has 13 nitrogen and oxygen atoms in total. The summed E-state index contributed by atoms with van der Waals surface area (Å²) in [7, 11) is 0. The predicted octanol–water partition coefficient (Wildman–Crippen LogP) is -4.81. The lowest BCUT2D eigenvalue weighted by molar-refractivity contribution is -0.359. The first-order chi connectivity index (χ1) is 14.2. The molecule has 29 heavy (non-hydrogen) atoms.